The molecule has 110 valence electrons. The van der Waals surface area contributed by atoms with Gasteiger partial charge < -0.3 is 15.7 Å². The molecule has 1 atom stereocenters. The first-order valence-corrected chi connectivity index (χ1v) is 7.70. The van der Waals surface area contributed by atoms with E-state index in [9.17, 15) is 9.90 Å². The van der Waals surface area contributed by atoms with Gasteiger partial charge in [0.2, 0.25) is 5.91 Å². The highest BCUT2D eigenvalue weighted by molar-refractivity contribution is 5.82. The average Bonchev–Trinajstić information content (AvgIpc) is 2.46. The number of carbonyl (C=O) groups is 1. The van der Waals surface area contributed by atoms with Crippen molar-refractivity contribution in [3.8, 4) is 0 Å². The minimum Gasteiger partial charge on any atom is -0.396 e. The standard InChI is InChI=1S/C15H28N2O2/c1-14(6-5-9-16-10-14)13(19)17-11-15(12-18)7-3-2-4-8-15/h16,18H,2-12H2,1H3,(H,17,19). The van der Waals surface area contributed by atoms with E-state index in [4.69, 9.17) is 0 Å². The SMILES string of the molecule is CC1(C(=O)NCC2(CO)CCCCC2)CCCNC1. The monoisotopic (exact) mass is 268 g/mol. The Morgan fingerprint density at radius 2 is 1.95 bits per heavy atom. The van der Waals surface area contributed by atoms with Crippen LogP contribution in [-0.4, -0.2) is 37.3 Å². The molecule has 4 heteroatoms. The third kappa shape index (κ3) is 3.48. The number of carbonyl (C=O) groups excluding carboxylic acids is 1. The van der Waals surface area contributed by atoms with Crippen LogP contribution in [0.25, 0.3) is 0 Å². The lowest BCUT2D eigenvalue weighted by Crippen LogP contribution is -2.51. The summed E-state index contributed by atoms with van der Waals surface area (Å²) in [5, 5.41) is 16.1. The lowest BCUT2D eigenvalue weighted by atomic mass is 9.74. The Morgan fingerprint density at radius 1 is 1.21 bits per heavy atom. The Hall–Kier alpha value is -0.610. The second kappa shape index (κ2) is 6.23. The van der Waals surface area contributed by atoms with Crippen LogP contribution >= 0.6 is 0 Å². The maximum atomic E-state index is 12.4. The van der Waals surface area contributed by atoms with E-state index in [1.807, 2.05) is 6.92 Å². The van der Waals surface area contributed by atoms with Crippen LogP contribution in [0.15, 0.2) is 0 Å². The van der Waals surface area contributed by atoms with Crippen molar-refractivity contribution in [3.05, 3.63) is 0 Å². The zero-order chi connectivity index (χ0) is 13.8. The number of piperidine rings is 1. The lowest BCUT2D eigenvalue weighted by molar-refractivity contribution is -0.132. The van der Waals surface area contributed by atoms with E-state index in [0.717, 1.165) is 38.8 Å². The number of nitrogens with one attached hydrogen (secondary N) is 2. The molecule has 1 aliphatic heterocycles. The molecule has 0 spiro atoms. The molecule has 4 nitrogen and oxygen atoms in total. The molecule has 3 N–H and O–H groups in total. The van der Waals surface area contributed by atoms with Gasteiger partial charge in [0.25, 0.3) is 0 Å². The molecule has 0 bridgehead atoms. The first kappa shape index (κ1) is 14.8. The summed E-state index contributed by atoms with van der Waals surface area (Å²) < 4.78 is 0. The largest absolute Gasteiger partial charge is 0.396 e. The molecule has 0 aromatic carbocycles. The molecular formula is C15H28N2O2. The molecule has 1 saturated carbocycles. The Morgan fingerprint density at radius 3 is 2.53 bits per heavy atom. The molecule has 0 aromatic rings. The summed E-state index contributed by atoms with van der Waals surface area (Å²) in [5.74, 6) is 0.151. The van der Waals surface area contributed by atoms with Gasteiger partial charge >= 0.3 is 0 Å². The van der Waals surface area contributed by atoms with Gasteiger partial charge in [0.15, 0.2) is 0 Å². The molecule has 1 heterocycles. The Kier molecular flexibility index (Phi) is 4.85. The second-order valence-electron chi connectivity index (χ2n) is 6.74. The third-order valence-corrected chi connectivity index (χ3v) is 5.02. The van der Waals surface area contributed by atoms with E-state index in [0.29, 0.717) is 6.54 Å². The highest BCUT2D eigenvalue weighted by atomic mass is 16.3. The maximum absolute atomic E-state index is 12.4. The number of hydrogen-bond donors (Lipinski definition) is 3. The van der Waals surface area contributed by atoms with Gasteiger partial charge in [0, 0.05) is 18.5 Å². The molecule has 2 aliphatic rings. The fraction of sp³-hybridized carbons (Fsp3) is 0.933. The zero-order valence-corrected chi connectivity index (χ0v) is 12.1. The van der Waals surface area contributed by atoms with E-state index in [2.05, 4.69) is 10.6 Å². The van der Waals surface area contributed by atoms with Gasteiger partial charge in [-0.2, -0.15) is 0 Å². The summed E-state index contributed by atoms with van der Waals surface area (Å²) in [5.41, 5.74) is -0.337. The lowest BCUT2D eigenvalue weighted by Gasteiger charge is -2.38. The van der Waals surface area contributed by atoms with Gasteiger partial charge in [-0.05, 0) is 39.2 Å². The molecule has 1 saturated heterocycles. The van der Waals surface area contributed by atoms with Crippen LogP contribution < -0.4 is 10.6 Å². The number of amides is 1. The van der Waals surface area contributed by atoms with Gasteiger partial charge in [-0.1, -0.05) is 19.3 Å². The van der Waals surface area contributed by atoms with Crippen molar-refractivity contribution in [1.29, 1.82) is 0 Å². The smallest absolute Gasteiger partial charge is 0.227 e. The molecule has 1 amide bonds. The molecule has 1 aliphatic carbocycles. The number of aliphatic hydroxyl groups excluding tert-OH is 1. The van der Waals surface area contributed by atoms with Crippen LogP contribution in [0.4, 0.5) is 0 Å². The Bertz CT molecular complexity index is 305. The summed E-state index contributed by atoms with van der Waals surface area (Å²) in [6, 6.07) is 0. The summed E-state index contributed by atoms with van der Waals surface area (Å²) in [6.45, 7) is 4.66. The van der Waals surface area contributed by atoms with Crippen LogP contribution in [0.3, 0.4) is 0 Å². The zero-order valence-electron chi connectivity index (χ0n) is 12.1. The average molecular weight is 268 g/mol. The summed E-state index contributed by atoms with van der Waals surface area (Å²) in [4.78, 5) is 12.4. The predicted octanol–water partition coefficient (Wildman–Crippen LogP) is 1.44. The van der Waals surface area contributed by atoms with E-state index >= 15 is 0 Å². The molecule has 1 unspecified atom stereocenters. The topological polar surface area (TPSA) is 61.4 Å². The highest BCUT2D eigenvalue weighted by Crippen LogP contribution is 2.35. The number of rotatable bonds is 4. The van der Waals surface area contributed by atoms with Crippen LogP contribution in [0.5, 0.6) is 0 Å². The van der Waals surface area contributed by atoms with Crippen LogP contribution in [-0.2, 0) is 4.79 Å². The van der Waals surface area contributed by atoms with Gasteiger partial charge in [0.05, 0.1) is 12.0 Å². The predicted molar refractivity (Wildman–Crippen MR) is 75.8 cm³/mol. The maximum Gasteiger partial charge on any atom is 0.227 e. The van der Waals surface area contributed by atoms with Crippen molar-refractivity contribution in [2.24, 2.45) is 10.8 Å². The van der Waals surface area contributed by atoms with E-state index < -0.39 is 0 Å². The third-order valence-electron chi connectivity index (χ3n) is 5.02. The van der Waals surface area contributed by atoms with Crippen molar-refractivity contribution in [3.63, 3.8) is 0 Å². The molecule has 0 radical (unpaired) electrons. The first-order valence-electron chi connectivity index (χ1n) is 7.70. The summed E-state index contributed by atoms with van der Waals surface area (Å²) in [7, 11) is 0. The van der Waals surface area contributed by atoms with Crippen molar-refractivity contribution in [2.75, 3.05) is 26.2 Å². The fourth-order valence-corrected chi connectivity index (χ4v) is 3.42. The van der Waals surface area contributed by atoms with Crippen molar-refractivity contribution >= 4 is 5.91 Å². The van der Waals surface area contributed by atoms with Crippen LogP contribution in [0.2, 0.25) is 0 Å². The van der Waals surface area contributed by atoms with Crippen LogP contribution in [0, 0.1) is 10.8 Å². The molecule has 2 fully saturated rings. The molecule has 0 aromatic heterocycles. The summed E-state index contributed by atoms with van der Waals surface area (Å²) in [6.07, 6.45) is 7.71. The second-order valence-corrected chi connectivity index (χ2v) is 6.74. The van der Waals surface area contributed by atoms with Crippen molar-refractivity contribution in [1.82, 2.24) is 10.6 Å². The Balaban J connectivity index is 1.87. The number of hydrogen-bond acceptors (Lipinski definition) is 3. The van der Waals surface area contributed by atoms with Crippen LogP contribution in [0.1, 0.15) is 51.9 Å². The quantitative estimate of drug-likeness (QED) is 0.723. The minimum atomic E-state index is -0.274. The fourth-order valence-electron chi connectivity index (χ4n) is 3.42. The van der Waals surface area contributed by atoms with Gasteiger partial charge in [-0.15, -0.1) is 0 Å². The van der Waals surface area contributed by atoms with Crippen molar-refractivity contribution < 1.29 is 9.90 Å². The van der Waals surface area contributed by atoms with Gasteiger partial charge in [0.1, 0.15) is 0 Å². The normalized spacial score (nSPS) is 30.8. The first-order chi connectivity index (χ1) is 9.10. The molecule has 19 heavy (non-hydrogen) atoms. The van der Waals surface area contributed by atoms with E-state index in [1.165, 1.54) is 19.3 Å². The van der Waals surface area contributed by atoms with E-state index in [1.54, 1.807) is 0 Å². The van der Waals surface area contributed by atoms with Crippen molar-refractivity contribution in [2.45, 2.75) is 51.9 Å². The minimum absolute atomic E-state index is 0.0631. The molecular weight excluding hydrogens is 240 g/mol. The number of aliphatic hydroxyl groups is 1. The molecule has 2 rings (SSSR count). The highest BCUT2D eigenvalue weighted by Gasteiger charge is 2.37. The van der Waals surface area contributed by atoms with Gasteiger partial charge in [-0.25, -0.2) is 0 Å². The Labute approximate surface area is 116 Å². The van der Waals surface area contributed by atoms with Gasteiger partial charge in [-0.3, -0.25) is 4.79 Å². The summed E-state index contributed by atoms with van der Waals surface area (Å²) >= 11 is 0. The van der Waals surface area contributed by atoms with E-state index in [-0.39, 0.29) is 23.3 Å².